The van der Waals surface area contributed by atoms with Gasteiger partial charge in [-0.3, -0.25) is 0 Å². The monoisotopic (exact) mass is 258 g/mol. The molecular formula is C7H10ClF3N4O. The van der Waals surface area contributed by atoms with E-state index in [2.05, 4.69) is 20.3 Å². The molecule has 9 heteroatoms. The van der Waals surface area contributed by atoms with Crippen LogP contribution in [-0.2, 0) is 11.3 Å². The summed E-state index contributed by atoms with van der Waals surface area (Å²) in [4.78, 5) is 0. The number of aromatic nitrogens is 4. The minimum absolute atomic E-state index is 0.124. The molecule has 0 fully saturated rings. The van der Waals surface area contributed by atoms with E-state index in [4.69, 9.17) is 11.6 Å². The Bertz CT molecular complexity index is 328. The lowest BCUT2D eigenvalue weighted by atomic mass is 10.4. The molecule has 0 aliphatic carbocycles. The van der Waals surface area contributed by atoms with Crippen molar-refractivity contribution in [2.24, 2.45) is 0 Å². The van der Waals surface area contributed by atoms with Crippen LogP contribution in [0.3, 0.4) is 0 Å². The average Bonchev–Trinajstić information content (AvgIpc) is 2.58. The molecule has 0 saturated carbocycles. The van der Waals surface area contributed by atoms with Gasteiger partial charge in [0.05, 0.1) is 18.5 Å². The van der Waals surface area contributed by atoms with Gasteiger partial charge in [0.1, 0.15) is 6.61 Å². The zero-order valence-corrected chi connectivity index (χ0v) is 9.16. The largest absolute Gasteiger partial charge is 0.411 e. The summed E-state index contributed by atoms with van der Waals surface area (Å²) >= 11 is 5.75. The van der Waals surface area contributed by atoms with Gasteiger partial charge in [-0.05, 0) is 17.4 Å². The second-order valence-electron chi connectivity index (χ2n) is 3.04. The van der Waals surface area contributed by atoms with E-state index in [1.165, 1.54) is 4.68 Å². The number of rotatable bonds is 5. The van der Waals surface area contributed by atoms with Crippen molar-refractivity contribution in [1.29, 1.82) is 0 Å². The number of hydrogen-bond donors (Lipinski definition) is 0. The van der Waals surface area contributed by atoms with Gasteiger partial charge in [0.15, 0.2) is 5.82 Å². The first-order chi connectivity index (χ1) is 7.40. The molecule has 0 radical (unpaired) electrons. The SMILES string of the molecule is CC(Cl)c1nnnn1CCOCC(F)(F)F. The highest BCUT2D eigenvalue weighted by Gasteiger charge is 2.27. The Hall–Kier alpha value is -0.890. The van der Waals surface area contributed by atoms with Gasteiger partial charge >= 0.3 is 6.18 Å². The van der Waals surface area contributed by atoms with Crippen LogP contribution in [0.5, 0.6) is 0 Å². The molecule has 0 aliphatic rings. The van der Waals surface area contributed by atoms with Crippen molar-refractivity contribution in [3.63, 3.8) is 0 Å². The van der Waals surface area contributed by atoms with Gasteiger partial charge in [0.2, 0.25) is 0 Å². The zero-order chi connectivity index (χ0) is 12.2. The molecule has 0 aliphatic heterocycles. The number of halogens is 4. The van der Waals surface area contributed by atoms with Crippen LogP contribution >= 0.6 is 11.6 Å². The summed E-state index contributed by atoms with van der Waals surface area (Å²) in [5.41, 5.74) is 0. The van der Waals surface area contributed by atoms with E-state index in [0.717, 1.165) is 0 Å². The highest BCUT2D eigenvalue weighted by atomic mass is 35.5. The lowest BCUT2D eigenvalue weighted by molar-refractivity contribution is -0.174. The van der Waals surface area contributed by atoms with Crippen molar-refractivity contribution in [2.45, 2.75) is 25.0 Å². The standard InChI is InChI=1S/C7H10ClF3N4O/c1-5(8)6-12-13-14-15(6)2-3-16-4-7(9,10)11/h5H,2-4H2,1H3. The molecule has 0 N–H and O–H groups in total. The first-order valence-electron chi connectivity index (χ1n) is 4.45. The quantitative estimate of drug-likeness (QED) is 0.594. The molecule has 1 rings (SSSR count). The number of tetrazole rings is 1. The highest BCUT2D eigenvalue weighted by Crippen LogP contribution is 2.16. The Labute approximate surface area is 94.5 Å². The molecule has 16 heavy (non-hydrogen) atoms. The average molecular weight is 259 g/mol. The lowest BCUT2D eigenvalue weighted by Gasteiger charge is -2.08. The molecule has 1 heterocycles. The molecule has 0 aromatic carbocycles. The van der Waals surface area contributed by atoms with E-state index >= 15 is 0 Å². The Balaban J connectivity index is 2.35. The van der Waals surface area contributed by atoms with Crippen LogP contribution in [0, 0.1) is 0 Å². The van der Waals surface area contributed by atoms with Gasteiger partial charge in [-0.15, -0.1) is 16.7 Å². The van der Waals surface area contributed by atoms with E-state index < -0.39 is 18.2 Å². The molecule has 1 aromatic heterocycles. The number of ether oxygens (including phenoxy) is 1. The Kier molecular flexibility index (Phi) is 4.48. The van der Waals surface area contributed by atoms with Crippen LogP contribution in [0.25, 0.3) is 0 Å². The molecule has 92 valence electrons. The summed E-state index contributed by atoms with van der Waals surface area (Å²) in [6.07, 6.45) is -4.32. The molecule has 5 nitrogen and oxygen atoms in total. The first kappa shape index (κ1) is 13.2. The van der Waals surface area contributed by atoms with Gasteiger partial charge < -0.3 is 4.74 Å². The number of hydrogen-bond acceptors (Lipinski definition) is 4. The highest BCUT2D eigenvalue weighted by molar-refractivity contribution is 6.20. The van der Waals surface area contributed by atoms with Crippen LogP contribution in [0.2, 0.25) is 0 Å². The van der Waals surface area contributed by atoms with E-state index in [0.29, 0.717) is 5.82 Å². The van der Waals surface area contributed by atoms with E-state index in [1.54, 1.807) is 6.92 Å². The van der Waals surface area contributed by atoms with Gasteiger partial charge in [-0.25, -0.2) is 4.68 Å². The molecule has 1 aromatic rings. The maximum absolute atomic E-state index is 11.7. The summed E-state index contributed by atoms with van der Waals surface area (Å²) < 4.78 is 40.9. The Morgan fingerprint density at radius 2 is 2.19 bits per heavy atom. The van der Waals surface area contributed by atoms with Crippen LogP contribution in [0.1, 0.15) is 18.1 Å². The summed E-state index contributed by atoms with van der Waals surface area (Å²) in [5.74, 6) is 0.400. The summed E-state index contributed by atoms with van der Waals surface area (Å²) in [6.45, 7) is 0.401. The summed E-state index contributed by atoms with van der Waals surface area (Å²) in [7, 11) is 0. The second kappa shape index (κ2) is 5.44. The Morgan fingerprint density at radius 1 is 1.50 bits per heavy atom. The molecule has 1 atom stereocenters. The second-order valence-corrected chi connectivity index (χ2v) is 3.70. The van der Waals surface area contributed by atoms with Crippen molar-refractivity contribution in [2.75, 3.05) is 13.2 Å². The van der Waals surface area contributed by atoms with Gasteiger partial charge in [-0.2, -0.15) is 13.2 Å². The third-order valence-corrected chi connectivity index (χ3v) is 1.82. The van der Waals surface area contributed by atoms with Gasteiger partial charge in [-0.1, -0.05) is 0 Å². The van der Waals surface area contributed by atoms with E-state index in [1.807, 2.05) is 0 Å². The normalized spacial score (nSPS) is 14.1. The summed E-state index contributed by atoms with van der Waals surface area (Å²) in [6, 6.07) is 0. The fourth-order valence-electron chi connectivity index (χ4n) is 0.995. The fourth-order valence-corrected chi connectivity index (χ4v) is 1.15. The molecule has 0 bridgehead atoms. The van der Waals surface area contributed by atoms with Gasteiger partial charge in [0, 0.05) is 0 Å². The first-order valence-corrected chi connectivity index (χ1v) is 4.88. The zero-order valence-electron chi connectivity index (χ0n) is 8.41. The predicted octanol–water partition coefficient (Wildman–Crippen LogP) is 1.55. The third-order valence-electron chi connectivity index (χ3n) is 1.63. The van der Waals surface area contributed by atoms with Crippen molar-refractivity contribution >= 4 is 11.6 Å². The van der Waals surface area contributed by atoms with Crippen LogP contribution in [0.4, 0.5) is 13.2 Å². The number of nitrogens with zero attached hydrogens (tertiary/aromatic N) is 4. The molecule has 0 saturated heterocycles. The smallest absolute Gasteiger partial charge is 0.370 e. The topological polar surface area (TPSA) is 52.8 Å². The van der Waals surface area contributed by atoms with E-state index in [-0.39, 0.29) is 13.2 Å². The minimum atomic E-state index is -4.32. The van der Waals surface area contributed by atoms with Crippen LogP contribution in [0.15, 0.2) is 0 Å². The maximum atomic E-state index is 11.7. The summed E-state index contributed by atoms with van der Waals surface area (Å²) in [5, 5.41) is 10.2. The van der Waals surface area contributed by atoms with Crippen LogP contribution < -0.4 is 0 Å². The molecular weight excluding hydrogens is 249 g/mol. The van der Waals surface area contributed by atoms with Crippen molar-refractivity contribution < 1.29 is 17.9 Å². The maximum Gasteiger partial charge on any atom is 0.411 e. The van der Waals surface area contributed by atoms with Crippen LogP contribution in [-0.4, -0.2) is 39.6 Å². The van der Waals surface area contributed by atoms with Gasteiger partial charge in [0.25, 0.3) is 0 Å². The molecule has 0 amide bonds. The molecule has 1 unspecified atom stereocenters. The molecule has 0 spiro atoms. The lowest BCUT2D eigenvalue weighted by Crippen LogP contribution is -2.20. The Morgan fingerprint density at radius 3 is 2.75 bits per heavy atom. The third kappa shape index (κ3) is 4.31. The number of alkyl halides is 4. The van der Waals surface area contributed by atoms with E-state index in [9.17, 15) is 13.2 Å². The van der Waals surface area contributed by atoms with Crippen molar-refractivity contribution in [1.82, 2.24) is 20.2 Å². The minimum Gasteiger partial charge on any atom is -0.370 e. The predicted molar refractivity (Wildman–Crippen MR) is 49.0 cm³/mol. The van der Waals surface area contributed by atoms with Crippen molar-refractivity contribution in [3.05, 3.63) is 5.82 Å². The van der Waals surface area contributed by atoms with Crippen molar-refractivity contribution in [3.8, 4) is 0 Å². The fraction of sp³-hybridized carbons (Fsp3) is 0.857.